The molecule has 0 N–H and O–H groups in total. The summed E-state index contributed by atoms with van der Waals surface area (Å²) >= 11 is 1.47. The van der Waals surface area contributed by atoms with Gasteiger partial charge < -0.3 is 9.47 Å². The summed E-state index contributed by atoms with van der Waals surface area (Å²) in [5.74, 6) is 1.48. The van der Waals surface area contributed by atoms with E-state index in [9.17, 15) is 4.79 Å². The van der Waals surface area contributed by atoms with Crippen molar-refractivity contribution in [1.29, 1.82) is 0 Å². The first-order valence-corrected chi connectivity index (χ1v) is 9.51. The van der Waals surface area contributed by atoms with Gasteiger partial charge in [-0.1, -0.05) is 48.4 Å². The molecule has 0 unspecified atom stereocenters. The van der Waals surface area contributed by atoms with E-state index in [4.69, 9.17) is 0 Å². The van der Waals surface area contributed by atoms with Crippen LogP contribution in [0.4, 0.5) is 0 Å². The van der Waals surface area contributed by atoms with Gasteiger partial charge in [0.05, 0.1) is 5.75 Å². The third kappa shape index (κ3) is 3.98. The Kier molecular flexibility index (Phi) is 5.56. The number of benzene rings is 1. The first-order chi connectivity index (χ1) is 11.6. The highest BCUT2D eigenvalue weighted by atomic mass is 32.2. The Labute approximate surface area is 147 Å². The number of aryl methyl sites for hydroxylation is 1. The van der Waals surface area contributed by atoms with E-state index < -0.39 is 0 Å². The first kappa shape index (κ1) is 17.0. The molecule has 1 aliphatic rings. The van der Waals surface area contributed by atoms with E-state index in [0.29, 0.717) is 5.75 Å². The molecule has 1 aliphatic heterocycles. The number of amides is 1. The maximum Gasteiger partial charge on any atom is 0.233 e. The number of nitrogens with zero attached hydrogens (tertiary/aromatic N) is 4. The molecule has 1 aromatic carbocycles. The van der Waals surface area contributed by atoms with Crippen molar-refractivity contribution in [3.63, 3.8) is 0 Å². The van der Waals surface area contributed by atoms with Crippen molar-refractivity contribution in [3.8, 4) is 11.4 Å². The molecule has 24 heavy (non-hydrogen) atoms. The molecule has 0 atom stereocenters. The van der Waals surface area contributed by atoms with E-state index in [0.717, 1.165) is 42.5 Å². The van der Waals surface area contributed by atoms with E-state index in [2.05, 4.69) is 29.3 Å². The van der Waals surface area contributed by atoms with Crippen LogP contribution in [0.2, 0.25) is 0 Å². The molecule has 0 bridgehead atoms. The van der Waals surface area contributed by atoms with E-state index in [-0.39, 0.29) is 5.91 Å². The van der Waals surface area contributed by atoms with Gasteiger partial charge in [0, 0.05) is 25.7 Å². The molecule has 6 heteroatoms. The van der Waals surface area contributed by atoms with Gasteiger partial charge in [-0.2, -0.15) is 0 Å². The molecule has 5 nitrogen and oxygen atoms in total. The minimum absolute atomic E-state index is 0.210. The molecule has 0 radical (unpaired) electrons. The van der Waals surface area contributed by atoms with Crippen LogP contribution in [0.25, 0.3) is 11.4 Å². The zero-order valence-electron chi connectivity index (χ0n) is 14.4. The highest BCUT2D eigenvalue weighted by Gasteiger charge is 2.18. The number of rotatable bonds is 4. The Morgan fingerprint density at radius 3 is 2.62 bits per heavy atom. The van der Waals surface area contributed by atoms with Gasteiger partial charge in [0.25, 0.3) is 0 Å². The number of carbonyl (C=O) groups is 1. The average molecular weight is 344 g/mol. The summed E-state index contributed by atoms with van der Waals surface area (Å²) in [6.07, 6.45) is 4.72. The van der Waals surface area contributed by atoms with Gasteiger partial charge in [0.1, 0.15) is 0 Å². The zero-order chi connectivity index (χ0) is 16.9. The summed E-state index contributed by atoms with van der Waals surface area (Å²) < 4.78 is 1.97. The fourth-order valence-corrected chi connectivity index (χ4v) is 3.83. The Balaban J connectivity index is 1.65. The molecule has 1 amide bonds. The quantitative estimate of drug-likeness (QED) is 0.799. The van der Waals surface area contributed by atoms with Crippen LogP contribution in [-0.2, 0) is 11.8 Å². The zero-order valence-corrected chi connectivity index (χ0v) is 15.2. The predicted molar refractivity (Wildman–Crippen MR) is 96.9 cm³/mol. The van der Waals surface area contributed by atoms with E-state index in [1.807, 2.05) is 28.6 Å². The number of thioether (sulfide) groups is 1. The fraction of sp³-hybridized carbons (Fsp3) is 0.500. The fourth-order valence-electron chi connectivity index (χ4n) is 3.01. The minimum Gasteiger partial charge on any atom is -0.342 e. The Bertz CT molecular complexity index is 705. The van der Waals surface area contributed by atoms with Crippen molar-refractivity contribution in [2.45, 2.75) is 37.8 Å². The average Bonchev–Trinajstić information content (AvgIpc) is 2.77. The van der Waals surface area contributed by atoms with Crippen LogP contribution in [0, 0.1) is 6.92 Å². The van der Waals surface area contributed by atoms with Crippen molar-refractivity contribution >= 4 is 17.7 Å². The molecule has 2 aromatic rings. The second-order valence-electron chi connectivity index (χ2n) is 6.32. The van der Waals surface area contributed by atoms with E-state index in [1.165, 1.54) is 30.2 Å². The van der Waals surface area contributed by atoms with Gasteiger partial charge in [0.2, 0.25) is 5.91 Å². The largest absolute Gasteiger partial charge is 0.342 e. The molecule has 1 saturated heterocycles. The second kappa shape index (κ2) is 7.83. The number of hydrogen-bond acceptors (Lipinski definition) is 4. The highest BCUT2D eigenvalue weighted by Crippen LogP contribution is 2.23. The summed E-state index contributed by atoms with van der Waals surface area (Å²) in [7, 11) is 1.95. The number of aromatic nitrogens is 3. The lowest BCUT2D eigenvalue weighted by molar-refractivity contribution is -0.128. The van der Waals surface area contributed by atoms with Gasteiger partial charge in [-0.3, -0.25) is 4.79 Å². The predicted octanol–water partition coefficient (Wildman–Crippen LogP) is 3.29. The van der Waals surface area contributed by atoms with Gasteiger partial charge in [-0.15, -0.1) is 10.2 Å². The summed E-state index contributed by atoms with van der Waals surface area (Å²) in [5.41, 5.74) is 2.25. The molecule has 3 rings (SSSR count). The van der Waals surface area contributed by atoms with Crippen LogP contribution in [0.1, 0.15) is 31.2 Å². The third-order valence-electron chi connectivity index (χ3n) is 4.39. The topological polar surface area (TPSA) is 51.0 Å². The van der Waals surface area contributed by atoms with Crippen LogP contribution < -0.4 is 0 Å². The lowest BCUT2D eigenvalue weighted by atomic mass is 10.1. The molecular formula is C18H24N4OS. The molecule has 1 fully saturated rings. The molecule has 0 saturated carbocycles. The summed E-state index contributed by atoms with van der Waals surface area (Å²) in [5, 5.41) is 9.35. The monoisotopic (exact) mass is 344 g/mol. The minimum atomic E-state index is 0.210. The van der Waals surface area contributed by atoms with Gasteiger partial charge >= 0.3 is 0 Å². The van der Waals surface area contributed by atoms with Crippen molar-refractivity contribution in [2.24, 2.45) is 7.05 Å². The van der Waals surface area contributed by atoms with Crippen LogP contribution in [0.15, 0.2) is 29.4 Å². The third-order valence-corrected chi connectivity index (χ3v) is 5.40. The smallest absolute Gasteiger partial charge is 0.233 e. The summed E-state index contributed by atoms with van der Waals surface area (Å²) in [6, 6.07) is 8.22. The molecule has 0 aliphatic carbocycles. The van der Waals surface area contributed by atoms with Crippen molar-refractivity contribution in [1.82, 2.24) is 19.7 Å². The molecular weight excluding hydrogens is 320 g/mol. The number of carbonyl (C=O) groups excluding carboxylic acids is 1. The molecule has 1 aromatic heterocycles. The molecule has 128 valence electrons. The molecule has 0 spiro atoms. The van der Waals surface area contributed by atoms with Crippen LogP contribution in [0.5, 0.6) is 0 Å². The van der Waals surface area contributed by atoms with Gasteiger partial charge in [0.15, 0.2) is 11.0 Å². The van der Waals surface area contributed by atoms with Crippen LogP contribution in [0.3, 0.4) is 0 Å². The van der Waals surface area contributed by atoms with Gasteiger partial charge in [-0.05, 0) is 25.8 Å². The second-order valence-corrected chi connectivity index (χ2v) is 7.26. The highest BCUT2D eigenvalue weighted by molar-refractivity contribution is 7.99. The SMILES string of the molecule is Cc1cccc(-c2nnc(SCC(=O)N3CCCCCC3)n2C)c1. The number of likely N-dealkylation sites (tertiary alicyclic amines) is 1. The van der Waals surface area contributed by atoms with Crippen molar-refractivity contribution in [2.75, 3.05) is 18.8 Å². The lowest BCUT2D eigenvalue weighted by Gasteiger charge is -2.19. The summed E-state index contributed by atoms with van der Waals surface area (Å²) in [4.78, 5) is 14.4. The standard InChI is InChI=1S/C18H24N4OS/c1-14-8-7-9-15(12-14)17-19-20-18(21(17)2)24-13-16(23)22-10-5-3-4-6-11-22/h7-9,12H,3-6,10-11,13H2,1-2H3. The maximum absolute atomic E-state index is 12.4. The Morgan fingerprint density at radius 2 is 1.92 bits per heavy atom. The van der Waals surface area contributed by atoms with Crippen molar-refractivity contribution < 1.29 is 4.79 Å². The van der Waals surface area contributed by atoms with E-state index in [1.54, 1.807) is 0 Å². The van der Waals surface area contributed by atoms with Gasteiger partial charge in [-0.25, -0.2) is 0 Å². The van der Waals surface area contributed by atoms with E-state index >= 15 is 0 Å². The lowest BCUT2D eigenvalue weighted by Crippen LogP contribution is -2.33. The number of hydrogen-bond donors (Lipinski definition) is 0. The summed E-state index contributed by atoms with van der Waals surface area (Å²) in [6.45, 7) is 3.86. The van der Waals surface area contributed by atoms with Crippen LogP contribution in [-0.4, -0.2) is 44.4 Å². The normalized spacial score (nSPS) is 15.3. The Morgan fingerprint density at radius 1 is 1.17 bits per heavy atom. The van der Waals surface area contributed by atoms with Crippen LogP contribution >= 0.6 is 11.8 Å². The Hall–Kier alpha value is -1.82. The maximum atomic E-state index is 12.4. The molecule has 2 heterocycles. The van der Waals surface area contributed by atoms with Crippen molar-refractivity contribution in [3.05, 3.63) is 29.8 Å². The first-order valence-electron chi connectivity index (χ1n) is 8.52.